The fourth-order valence-corrected chi connectivity index (χ4v) is 3.45. The van der Waals surface area contributed by atoms with E-state index < -0.39 is 4.33 Å². The minimum Gasteiger partial charge on any atom is -0.334 e. The highest BCUT2D eigenvalue weighted by Gasteiger charge is 2.53. The molecule has 0 saturated heterocycles. The standard InChI is InChI=1S/C15H10Cl3N/c16-9-5-6-13-11(7-9)10-3-1-2-4-12(10)19(13)14-8-15(14,17)18/h1-7,14H,8H2. The number of benzene rings is 2. The average Bonchev–Trinajstić information content (AvgIpc) is 2.89. The van der Waals surface area contributed by atoms with Gasteiger partial charge < -0.3 is 4.57 Å². The Morgan fingerprint density at radius 2 is 1.68 bits per heavy atom. The molecule has 0 amide bonds. The molecule has 2 aromatic carbocycles. The van der Waals surface area contributed by atoms with Gasteiger partial charge in [0.2, 0.25) is 0 Å². The van der Waals surface area contributed by atoms with E-state index in [1.54, 1.807) is 0 Å². The van der Waals surface area contributed by atoms with E-state index in [-0.39, 0.29) is 6.04 Å². The Morgan fingerprint density at radius 1 is 1.00 bits per heavy atom. The van der Waals surface area contributed by atoms with E-state index in [1.807, 2.05) is 30.3 Å². The summed E-state index contributed by atoms with van der Waals surface area (Å²) in [5, 5.41) is 3.09. The summed E-state index contributed by atoms with van der Waals surface area (Å²) in [6.07, 6.45) is 0.784. The van der Waals surface area contributed by atoms with Crippen LogP contribution in [0.2, 0.25) is 5.02 Å². The summed E-state index contributed by atoms with van der Waals surface area (Å²) in [4.78, 5) is 0. The van der Waals surface area contributed by atoms with Crippen molar-refractivity contribution in [1.82, 2.24) is 4.57 Å². The number of rotatable bonds is 1. The van der Waals surface area contributed by atoms with Crippen LogP contribution in [-0.2, 0) is 0 Å². The Morgan fingerprint density at radius 3 is 2.42 bits per heavy atom. The van der Waals surface area contributed by atoms with Crippen molar-refractivity contribution >= 4 is 56.6 Å². The average molecular weight is 311 g/mol. The van der Waals surface area contributed by atoms with Gasteiger partial charge in [-0.2, -0.15) is 0 Å². The molecule has 1 aliphatic rings. The van der Waals surface area contributed by atoms with Gasteiger partial charge in [0.05, 0.1) is 6.04 Å². The van der Waals surface area contributed by atoms with Crippen LogP contribution < -0.4 is 0 Å². The van der Waals surface area contributed by atoms with Crippen LogP contribution in [0.5, 0.6) is 0 Å². The van der Waals surface area contributed by atoms with Crippen LogP contribution >= 0.6 is 34.8 Å². The molecule has 0 radical (unpaired) electrons. The number of halogens is 3. The first-order chi connectivity index (χ1) is 9.08. The third kappa shape index (κ3) is 1.69. The van der Waals surface area contributed by atoms with Crippen molar-refractivity contribution in [3.8, 4) is 0 Å². The SMILES string of the molecule is Clc1ccc2c(c1)c1ccccc1n2C1CC1(Cl)Cl. The molecule has 1 unspecified atom stereocenters. The number of alkyl halides is 2. The normalized spacial score (nSPS) is 21.1. The number of para-hydroxylation sites is 1. The van der Waals surface area contributed by atoms with Crippen molar-refractivity contribution < 1.29 is 0 Å². The predicted molar refractivity (Wildman–Crippen MR) is 82.5 cm³/mol. The van der Waals surface area contributed by atoms with Crippen LogP contribution in [0.4, 0.5) is 0 Å². The summed E-state index contributed by atoms with van der Waals surface area (Å²) in [6, 6.07) is 14.4. The lowest BCUT2D eigenvalue weighted by Gasteiger charge is -2.07. The van der Waals surface area contributed by atoms with Crippen molar-refractivity contribution in [3.05, 3.63) is 47.5 Å². The second-order valence-corrected chi connectivity index (χ2v) is 7.01. The fourth-order valence-electron chi connectivity index (χ4n) is 2.79. The molecule has 19 heavy (non-hydrogen) atoms. The zero-order valence-corrected chi connectivity index (χ0v) is 12.2. The molecule has 0 aliphatic heterocycles. The molecule has 4 heteroatoms. The molecule has 0 N–H and O–H groups in total. The summed E-state index contributed by atoms with van der Waals surface area (Å²) >= 11 is 18.6. The van der Waals surface area contributed by atoms with Gasteiger partial charge in [0.15, 0.2) is 0 Å². The largest absolute Gasteiger partial charge is 0.334 e. The van der Waals surface area contributed by atoms with Crippen molar-refractivity contribution in [2.75, 3.05) is 0 Å². The van der Waals surface area contributed by atoms with E-state index in [0.717, 1.165) is 27.9 Å². The van der Waals surface area contributed by atoms with Gasteiger partial charge in [-0.1, -0.05) is 53.0 Å². The molecule has 1 nitrogen and oxygen atoms in total. The molecule has 1 aliphatic carbocycles. The molecule has 1 heterocycles. The lowest BCUT2D eigenvalue weighted by molar-refractivity contribution is 0.794. The predicted octanol–water partition coefficient (Wildman–Crippen LogP) is 5.57. The molecule has 96 valence electrons. The van der Waals surface area contributed by atoms with Crippen molar-refractivity contribution in [1.29, 1.82) is 0 Å². The Balaban J connectivity index is 2.14. The Kier molecular flexibility index (Phi) is 2.39. The third-order valence-electron chi connectivity index (χ3n) is 3.78. The number of fused-ring (bicyclic) bond motifs is 3. The van der Waals surface area contributed by atoms with Gasteiger partial charge in [-0.15, -0.1) is 0 Å². The van der Waals surface area contributed by atoms with Gasteiger partial charge in [0, 0.05) is 33.2 Å². The molecule has 1 atom stereocenters. The summed E-state index contributed by atoms with van der Waals surface area (Å²) in [5.41, 5.74) is 2.30. The van der Waals surface area contributed by atoms with Gasteiger partial charge in [-0.25, -0.2) is 0 Å². The summed E-state index contributed by atoms with van der Waals surface area (Å²) in [6.45, 7) is 0. The van der Waals surface area contributed by atoms with E-state index in [2.05, 4.69) is 16.7 Å². The lowest BCUT2D eigenvalue weighted by Crippen LogP contribution is -1.99. The highest BCUT2D eigenvalue weighted by molar-refractivity contribution is 6.51. The van der Waals surface area contributed by atoms with Gasteiger partial charge in [0.1, 0.15) is 4.33 Å². The van der Waals surface area contributed by atoms with E-state index in [0.29, 0.717) is 0 Å². The lowest BCUT2D eigenvalue weighted by atomic mass is 10.2. The van der Waals surface area contributed by atoms with E-state index >= 15 is 0 Å². The van der Waals surface area contributed by atoms with Crippen LogP contribution in [-0.4, -0.2) is 8.90 Å². The highest BCUT2D eigenvalue weighted by Crippen LogP contribution is 2.58. The first kappa shape index (κ1) is 11.9. The molecule has 0 bridgehead atoms. The summed E-state index contributed by atoms with van der Waals surface area (Å²) < 4.78 is 1.59. The zero-order valence-electron chi connectivity index (χ0n) is 9.91. The van der Waals surface area contributed by atoms with Gasteiger partial charge in [-0.3, -0.25) is 0 Å². The minimum absolute atomic E-state index is 0.138. The first-order valence-corrected chi connectivity index (χ1v) is 7.27. The molecule has 0 spiro atoms. The molecule has 1 fully saturated rings. The van der Waals surface area contributed by atoms with E-state index in [4.69, 9.17) is 34.8 Å². The quantitative estimate of drug-likeness (QED) is 0.518. The monoisotopic (exact) mass is 309 g/mol. The van der Waals surface area contributed by atoms with E-state index in [9.17, 15) is 0 Å². The second kappa shape index (κ2) is 3.82. The van der Waals surface area contributed by atoms with Crippen molar-refractivity contribution in [2.45, 2.75) is 16.8 Å². The smallest absolute Gasteiger partial charge is 0.141 e. The molecule has 1 saturated carbocycles. The number of nitrogens with zero attached hydrogens (tertiary/aromatic N) is 1. The van der Waals surface area contributed by atoms with Gasteiger partial charge >= 0.3 is 0 Å². The topological polar surface area (TPSA) is 4.93 Å². The highest BCUT2D eigenvalue weighted by atomic mass is 35.5. The molecule has 3 aromatic rings. The zero-order chi connectivity index (χ0) is 13.2. The molecule has 1 aromatic heterocycles. The first-order valence-electron chi connectivity index (χ1n) is 6.14. The van der Waals surface area contributed by atoms with Crippen LogP contribution in [0.25, 0.3) is 21.8 Å². The fraction of sp³-hybridized carbons (Fsp3) is 0.200. The van der Waals surface area contributed by atoms with E-state index in [1.165, 1.54) is 5.39 Å². The Hall–Kier alpha value is -0.890. The Bertz CT molecular complexity index is 804. The number of hydrogen-bond acceptors (Lipinski definition) is 0. The number of hydrogen-bond donors (Lipinski definition) is 0. The maximum Gasteiger partial charge on any atom is 0.141 e. The molecular formula is C15H10Cl3N. The Labute approximate surface area is 125 Å². The van der Waals surface area contributed by atoms with Gasteiger partial charge in [0.25, 0.3) is 0 Å². The molecular weight excluding hydrogens is 301 g/mol. The van der Waals surface area contributed by atoms with Crippen molar-refractivity contribution in [3.63, 3.8) is 0 Å². The number of aromatic nitrogens is 1. The maximum atomic E-state index is 6.25. The van der Waals surface area contributed by atoms with Crippen LogP contribution in [0.15, 0.2) is 42.5 Å². The minimum atomic E-state index is -0.644. The van der Waals surface area contributed by atoms with Crippen LogP contribution in [0, 0.1) is 0 Å². The van der Waals surface area contributed by atoms with Crippen LogP contribution in [0.1, 0.15) is 12.5 Å². The third-order valence-corrected chi connectivity index (χ3v) is 4.82. The van der Waals surface area contributed by atoms with Gasteiger partial charge in [-0.05, 0) is 24.3 Å². The molecule has 4 rings (SSSR count). The maximum absolute atomic E-state index is 6.25. The summed E-state index contributed by atoms with van der Waals surface area (Å²) in [5.74, 6) is 0. The van der Waals surface area contributed by atoms with Crippen LogP contribution in [0.3, 0.4) is 0 Å². The second-order valence-electron chi connectivity index (χ2n) is 5.03. The summed E-state index contributed by atoms with van der Waals surface area (Å²) in [7, 11) is 0. The van der Waals surface area contributed by atoms with Crippen molar-refractivity contribution in [2.24, 2.45) is 0 Å².